The summed E-state index contributed by atoms with van der Waals surface area (Å²) in [5.41, 5.74) is 8.06. The predicted octanol–water partition coefficient (Wildman–Crippen LogP) is 2.75. The lowest BCUT2D eigenvalue weighted by molar-refractivity contribution is 0.0602. The van der Waals surface area contributed by atoms with Crippen molar-refractivity contribution in [3.63, 3.8) is 0 Å². The molecule has 0 amide bonds. The maximum absolute atomic E-state index is 10.9. The summed E-state index contributed by atoms with van der Waals surface area (Å²) in [7, 11) is 1.33. The van der Waals surface area contributed by atoms with Gasteiger partial charge in [0, 0.05) is 29.0 Å². The minimum absolute atomic E-state index is 0.00321. The molecule has 0 bridgehead atoms. The van der Waals surface area contributed by atoms with Gasteiger partial charge in [0.25, 0.3) is 0 Å². The number of aliphatic hydroxyl groups is 1. The Kier molecular flexibility index (Phi) is 6.41. The van der Waals surface area contributed by atoms with E-state index in [4.69, 9.17) is 10.8 Å². The molecule has 0 aliphatic heterocycles. The van der Waals surface area contributed by atoms with E-state index in [1.165, 1.54) is 18.4 Å². The van der Waals surface area contributed by atoms with E-state index in [1.807, 2.05) is 17.5 Å². The van der Waals surface area contributed by atoms with Gasteiger partial charge in [-0.25, -0.2) is 9.78 Å². The minimum atomic E-state index is -0.400. The fourth-order valence-electron chi connectivity index (χ4n) is 1.79. The molecule has 0 spiro atoms. The second-order valence-corrected chi connectivity index (χ2v) is 5.48. The molecule has 0 aliphatic rings. The first kappa shape index (κ1) is 17.6. The summed E-state index contributed by atoms with van der Waals surface area (Å²) in [4.78, 5) is 19.2. The number of benzene rings is 1. The molecular weight excluding hydrogens is 326 g/mol. The first-order chi connectivity index (χ1) is 11.7. The van der Waals surface area contributed by atoms with Crippen LogP contribution in [0.5, 0.6) is 0 Å². The first-order valence-electron chi connectivity index (χ1n) is 7.04. The molecule has 2 aromatic heterocycles. The number of thiazole rings is 1. The highest BCUT2D eigenvalue weighted by molar-refractivity contribution is 7.13. The van der Waals surface area contributed by atoms with E-state index in [0.29, 0.717) is 16.9 Å². The van der Waals surface area contributed by atoms with E-state index in [9.17, 15) is 4.79 Å². The van der Waals surface area contributed by atoms with Gasteiger partial charge in [-0.05, 0) is 24.3 Å². The number of hydrogen-bond donors (Lipinski definition) is 2. The SMILES string of the molecule is COC(=O)c1ccccc1N.OCc1csc(-c2cccnc2)n1. The second kappa shape index (κ2) is 8.76. The molecule has 6 nitrogen and oxygen atoms in total. The van der Waals surface area contributed by atoms with Crippen LogP contribution in [0.1, 0.15) is 16.1 Å². The Morgan fingerprint density at radius 1 is 1.29 bits per heavy atom. The van der Waals surface area contributed by atoms with Gasteiger partial charge in [0.05, 0.1) is 25.0 Å². The van der Waals surface area contributed by atoms with Gasteiger partial charge in [-0.1, -0.05) is 12.1 Å². The number of ether oxygens (including phenoxy) is 1. The quantitative estimate of drug-likeness (QED) is 0.560. The number of nitrogen functional groups attached to an aromatic ring is 1. The van der Waals surface area contributed by atoms with Crippen molar-refractivity contribution < 1.29 is 14.6 Å². The number of anilines is 1. The number of esters is 1. The van der Waals surface area contributed by atoms with Crippen LogP contribution in [0.4, 0.5) is 5.69 Å². The highest BCUT2D eigenvalue weighted by Crippen LogP contribution is 2.22. The lowest BCUT2D eigenvalue weighted by Crippen LogP contribution is -2.04. The number of nitrogens with two attached hydrogens (primary N) is 1. The number of aliphatic hydroxyl groups excluding tert-OH is 1. The van der Waals surface area contributed by atoms with Crippen LogP contribution < -0.4 is 5.73 Å². The Labute approximate surface area is 143 Å². The molecule has 0 unspecified atom stereocenters. The van der Waals surface area contributed by atoms with Crippen LogP contribution in [0.3, 0.4) is 0 Å². The average molecular weight is 343 g/mol. The predicted molar refractivity (Wildman–Crippen MR) is 93.5 cm³/mol. The van der Waals surface area contributed by atoms with Crippen molar-refractivity contribution in [3.8, 4) is 10.6 Å². The van der Waals surface area contributed by atoms with Gasteiger partial charge in [-0.3, -0.25) is 4.98 Å². The number of rotatable bonds is 3. The molecule has 24 heavy (non-hydrogen) atoms. The number of methoxy groups -OCH3 is 1. The summed E-state index contributed by atoms with van der Waals surface area (Å²) in [5, 5.41) is 11.6. The molecule has 3 N–H and O–H groups in total. The third-order valence-electron chi connectivity index (χ3n) is 2.99. The molecule has 3 aromatic rings. The fraction of sp³-hybridized carbons (Fsp3) is 0.118. The maximum atomic E-state index is 10.9. The molecule has 0 fully saturated rings. The smallest absolute Gasteiger partial charge is 0.339 e. The van der Waals surface area contributed by atoms with Crippen LogP contribution in [0.2, 0.25) is 0 Å². The van der Waals surface area contributed by atoms with E-state index in [1.54, 1.807) is 36.7 Å². The Balaban J connectivity index is 0.000000177. The van der Waals surface area contributed by atoms with Gasteiger partial charge in [-0.2, -0.15) is 0 Å². The number of pyridine rings is 1. The highest BCUT2D eigenvalue weighted by atomic mass is 32.1. The molecule has 0 saturated heterocycles. The molecule has 0 saturated carbocycles. The Morgan fingerprint density at radius 3 is 2.67 bits per heavy atom. The Morgan fingerprint density at radius 2 is 2.08 bits per heavy atom. The van der Waals surface area contributed by atoms with Gasteiger partial charge >= 0.3 is 5.97 Å². The summed E-state index contributed by atoms with van der Waals surface area (Å²) in [6.45, 7) is -0.00321. The van der Waals surface area contributed by atoms with Gasteiger partial charge < -0.3 is 15.6 Å². The summed E-state index contributed by atoms with van der Waals surface area (Å²) in [6, 6.07) is 10.6. The number of nitrogens with zero attached hydrogens (tertiary/aromatic N) is 2. The number of aromatic nitrogens is 2. The van der Waals surface area contributed by atoms with E-state index < -0.39 is 5.97 Å². The molecule has 0 radical (unpaired) electrons. The normalized spacial score (nSPS) is 9.75. The van der Waals surface area contributed by atoms with Gasteiger partial charge in [0.1, 0.15) is 5.01 Å². The van der Waals surface area contributed by atoms with Crippen molar-refractivity contribution in [2.75, 3.05) is 12.8 Å². The lowest BCUT2D eigenvalue weighted by atomic mass is 10.2. The van der Waals surface area contributed by atoms with Crippen molar-refractivity contribution in [2.45, 2.75) is 6.61 Å². The molecule has 0 aliphatic carbocycles. The summed E-state index contributed by atoms with van der Waals surface area (Å²) in [5.74, 6) is -0.400. The Hall–Kier alpha value is -2.77. The topological polar surface area (TPSA) is 98.3 Å². The summed E-state index contributed by atoms with van der Waals surface area (Å²) in [6.07, 6.45) is 3.49. The van der Waals surface area contributed by atoms with Crippen molar-refractivity contribution in [1.82, 2.24) is 9.97 Å². The van der Waals surface area contributed by atoms with Crippen LogP contribution in [0, 0.1) is 0 Å². The van der Waals surface area contributed by atoms with E-state index in [-0.39, 0.29) is 6.61 Å². The Bertz CT molecular complexity index is 791. The fourth-order valence-corrected chi connectivity index (χ4v) is 2.60. The summed E-state index contributed by atoms with van der Waals surface area (Å²) >= 11 is 1.52. The molecule has 1 aromatic carbocycles. The number of carbonyl (C=O) groups excluding carboxylic acids is 1. The zero-order valence-electron chi connectivity index (χ0n) is 13.0. The molecule has 7 heteroatoms. The number of carbonyl (C=O) groups is 1. The van der Waals surface area contributed by atoms with E-state index in [2.05, 4.69) is 14.7 Å². The zero-order chi connectivity index (χ0) is 17.4. The second-order valence-electron chi connectivity index (χ2n) is 4.62. The van der Waals surface area contributed by atoms with Gasteiger partial charge in [-0.15, -0.1) is 11.3 Å². The van der Waals surface area contributed by atoms with Crippen LogP contribution in [0.15, 0.2) is 54.2 Å². The molecular formula is C17H17N3O3S. The first-order valence-corrected chi connectivity index (χ1v) is 7.92. The third-order valence-corrected chi connectivity index (χ3v) is 3.93. The molecule has 2 heterocycles. The summed E-state index contributed by atoms with van der Waals surface area (Å²) < 4.78 is 4.50. The monoisotopic (exact) mass is 343 g/mol. The standard InChI is InChI=1S/C9H8N2OS.C8H9NO2/c12-5-8-6-13-9(11-8)7-2-1-3-10-4-7;1-11-8(10)6-4-2-3-5-7(6)9/h1-4,6,12H,5H2;2-5H,9H2,1H3. The number of hydrogen-bond acceptors (Lipinski definition) is 7. The van der Waals surface area contributed by atoms with Crippen LogP contribution in [0.25, 0.3) is 10.6 Å². The van der Waals surface area contributed by atoms with Crippen LogP contribution in [-0.4, -0.2) is 28.2 Å². The zero-order valence-corrected chi connectivity index (χ0v) is 13.9. The number of para-hydroxylation sites is 1. The lowest BCUT2D eigenvalue weighted by Gasteiger charge is -2.00. The molecule has 0 atom stereocenters. The van der Waals surface area contributed by atoms with Crippen molar-refractivity contribution >= 4 is 23.0 Å². The van der Waals surface area contributed by atoms with Gasteiger partial charge in [0.15, 0.2) is 0 Å². The average Bonchev–Trinajstić information content (AvgIpc) is 3.12. The molecule has 3 rings (SSSR count). The molecule has 124 valence electrons. The van der Waals surface area contributed by atoms with Crippen molar-refractivity contribution in [2.24, 2.45) is 0 Å². The van der Waals surface area contributed by atoms with Crippen molar-refractivity contribution in [1.29, 1.82) is 0 Å². The largest absolute Gasteiger partial charge is 0.465 e. The van der Waals surface area contributed by atoms with E-state index >= 15 is 0 Å². The third kappa shape index (κ3) is 4.61. The van der Waals surface area contributed by atoms with Crippen LogP contribution in [-0.2, 0) is 11.3 Å². The van der Waals surface area contributed by atoms with Gasteiger partial charge in [0.2, 0.25) is 0 Å². The van der Waals surface area contributed by atoms with E-state index in [0.717, 1.165) is 10.6 Å². The maximum Gasteiger partial charge on any atom is 0.339 e. The van der Waals surface area contributed by atoms with Crippen LogP contribution >= 0.6 is 11.3 Å². The minimum Gasteiger partial charge on any atom is -0.465 e. The van der Waals surface area contributed by atoms with Crippen molar-refractivity contribution in [3.05, 3.63) is 65.4 Å². The highest BCUT2D eigenvalue weighted by Gasteiger charge is 2.06.